The van der Waals surface area contributed by atoms with Crippen molar-refractivity contribution in [2.75, 3.05) is 13.1 Å². The van der Waals surface area contributed by atoms with E-state index in [0.717, 1.165) is 11.3 Å². The van der Waals surface area contributed by atoms with Crippen molar-refractivity contribution < 1.29 is 23.1 Å². The van der Waals surface area contributed by atoms with Crippen LogP contribution in [0.5, 0.6) is 0 Å². The normalized spacial score (nSPS) is 27.5. The number of hydrogen-bond donors (Lipinski definition) is 1. The summed E-state index contributed by atoms with van der Waals surface area (Å²) >= 11 is 7.56. The van der Waals surface area contributed by atoms with Crippen molar-refractivity contribution in [2.24, 2.45) is 0 Å². The molecule has 178 valence electrons. The van der Waals surface area contributed by atoms with Crippen LogP contribution in [0.2, 0.25) is 5.02 Å². The molecule has 3 heterocycles. The fraction of sp³-hybridized carbons (Fsp3) is 0.522. The quantitative estimate of drug-likeness (QED) is 0.643. The molecule has 7 nitrogen and oxygen atoms in total. The number of aliphatic hydroxyl groups is 1. The Morgan fingerprint density at radius 2 is 1.91 bits per heavy atom. The topological polar surface area (TPSA) is 87.2 Å². The van der Waals surface area contributed by atoms with E-state index in [1.54, 1.807) is 27.8 Å². The van der Waals surface area contributed by atoms with Crippen molar-refractivity contribution in [3.63, 3.8) is 0 Å². The number of rotatable bonds is 5. The Bertz CT molecular complexity index is 1100. The molecule has 3 fully saturated rings. The first-order valence-electron chi connectivity index (χ1n) is 11.3. The van der Waals surface area contributed by atoms with E-state index in [2.05, 4.69) is 0 Å². The van der Waals surface area contributed by atoms with Gasteiger partial charge in [-0.1, -0.05) is 17.7 Å². The number of thiophene rings is 1. The Morgan fingerprint density at radius 3 is 2.52 bits per heavy atom. The van der Waals surface area contributed by atoms with Crippen LogP contribution < -0.4 is 0 Å². The number of sulfonamides is 1. The van der Waals surface area contributed by atoms with Gasteiger partial charge in [0.25, 0.3) is 0 Å². The maximum atomic E-state index is 14.0. The fourth-order valence-electron chi connectivity index (χ4n) is 5.06. The Hall–Kier alpha value is -1.65. The lowest BCUT2D eigenvalue weighted by atomic mass is 9.92. The van der Waals surface area contributed by atoms with Gasteiger partial charge in [-0.2, -0.15) is 4.31 Å². The number of aliphatic hydroxyl groups excluding tert-OH is 1. The molecule has 1 N–H and O–H groups in total. The van der Waals surface area contributed by atoms with Gasteiger partial charge in [-0.3, -0.25) is 0 Å². The van der Waals surface area contributed by atoms with Gasteiger partial charge >= 0.3 is 6.09 Å². The summed E-state index contributed by atoms with van der Waals surface area (Å²) in [6, 6.07) is 9.38. The molecule has 1 aromatic heterocycles. The summed E-state index contributed by atoms with van der Waals surface area (Å²) in [7, 11) is -3.87. The minimum atomic E-state index is -3.87. The molecule has 2 saturated heterocycles. The molecular formula is C23H27ClN2O5S2. The van der Waals surface area contributed by atoms with E-state index in [4.69, 9.17) is 16.3 Å². The van der Waals surface area contributed by atoms with E-state index in [1.807, 2.05) is 17.5 Å². The molecule has 3 atom stereocenters. The summed E-state index contributed by atoms with van der Waals surface area (Å²) in [5, 5.41) is 12.2. The van der Waals surface area contributed by atoms with Crippen LogP contribution in [-0.2, 0) is 14.8 Å². The van der Waals surface area contributed by atoms with Gasteiger partial charge in [0.05, 0.1) is 23.1 Å². The summed E-state index contributed by atoms with van der Waals surface area (Å²) in [5.74, 6) is 0. The third kappa shape index (κ3) is 4.41. The zero-order chi connectivity index (χ0) is 23.2. The molecule has 10 heteroatoms. The van der Waals surface area contributed by atoms with Crippen molar-refractivity contribution in [1.29, 1.82) is 0 Å². The number of likely N-dealkylation sites (tertiary alicyclic amines) is 1. The second-order valence-corrected chi connectivity index (χ2v) is 12.3. The predicted octanol–water partition coefficient (Wildman–Crippen LogP) is 4.42. The highest BCUT2D eigenvalue weighted by Gasteiger charge is 2.60. The van der Waals surface area contributed by atoms with Crippen molar-refractivity contribution in [3.8, 4) is 0 Å². The molecule has 2 aromatic rings. The van der Waals surface area contributed by atoms with E-state index in [1.165, 1.54) is 17.0 Å². The van der Waals surface area contributed by atoms with Crippen LogP contribution in [0.1, 0.15) is 49.4 Å². The molecule has 0 radical (unpaired) electrons. The van der Waals surface area contributed by atoms with Crippen molar-refractivity contribution in [1.82, 2.24) is 9.21 Å². The van der Waals surface area contributed by atoms with Crippen LogP contribution in [0.15, 0.2) is 46.7 Å². The number of nitrogens with zero attached hydrogens (tertiary/aromatic N) is 2. The average Bonchev–Trinajstić information content (AvgIpc) is 3.18. The van der Waals surface area contributed by atoms with Crippen LogP contribution in [0.4, 0.5) is 4.79 Å². The zero-order valence-electron chi connectivity index (χ0n) is 18.1. The van der Waals surface area contributed by atoms with Gasteiger partial charge in [0.15, 0.2) is 0 Å². The minimum Gasteiger partial charge on any atom is -0.441 e. The maximum absolute atomic E-state index is 14.0. The fourth-order valence-corrected chi connectivity index (χ4v) is 8.02. The Kier molecular flexibility index (Phi) is 6.20. The minimum absolute atomic E-state index is 0.185. The average molecular weight is 511 g/mol. The summed E-state index contributed by atoms with van der Waals surface area (Å²) in [6.07, 6.45) is 2.98. The van der Waals surface area contributed by atoms with Crippen molar-refractivity contribution >= 4 is 39.1 Å². The lowest BCUT2D eigenvalue weighted by Gasteiger charge is -2.44. The number of β-amino-alcohol motifs (C(OH)–C–C–N with tert-alkyl or cyclic N) is 1. The highest BCUT2D eigenvalue weighted by Crippen LogP contribution is 2.53. The van der Waals surface area contributed by atoms with E-state index in [-0.39, 0.29) is 17.5 Å². The van der Waals surface area contributed by atoms with Crippen LogP contribution in [-0.4, -0.2) is 59.7 Å². The summed E-state index contributed by atoms with van der Waals surface area (Å²) in [5.41, 5.74) is -0.833. The molecule has 1 aliphatic carbocycles. The molecular weight excluding hydrogens is 484 g/mol. The van der Waals surface area contributed by atoms with Gasteiger partial charge in [-0.25, -0.2) is 13.2 Å². The van der Waals surface area contributed by atoms with Gasteiger partial charge < -0.3 is 14.7 Å². The highest BCUT2D eigenvalue weighted by molar-refractivity contribution is 7.89. The van der Waals surface area contributed by atoms with Crippen molar-refractivity contribution in [2.45, 2.75) is 67.2 Å². The van der Waals surface area contributed by atoms with Crippen LogP contribution in [0.3, 0.4) is 0 Å². The molecule has 5 rings (SSSR count). The Morgan fingerprint density at radius 1 is 1.15 bits per heavy atom. The monoisotopic (exact) mass is 510 g/mol. The molecule has 33 heavy (non-hydrogen) atoms. The van der Waals surface area contributed by atoms with E-state index in [9.17, 15) is 18.3 Å². The largest absolute Gasteiger partial charge is 0.441 e. The zero-order valence-corrected chi connectivity index (χ0v) is 20.5. The first-order chi connectivity index (χ1) is 15.8. The van der Waals surface area contributed by atoms with Crippen molar-refractivity contribution in [3.05, 3.63) is 51.7 Å². The molecule has 0 bridgehead atoms. The summed E-state index contributed by atoms with van der Waals surface area (Å²) < 4.78 is 35.6. The molecule has 1 saturated carbocycles. The summed E-state index contributed by atoms with van der Waals surface area (Å²) in [6.45, 7) is 0.704. The number of amides is 1. The second-order valence-electron chi connectivity index (χ2n) is 9.09. The van der Waals surface area contributed by atoms with Crippen LogP contribution in [0, 0.1) is 0 Å². The van der Waals surface area contributed by atoms with Crippen LogP contribution in [0.25, 0.3) is 0 Å². The third-order valence-electron chi connectivity index (χ3n) is 6.89. The van der Waals surface area contributed by atoms with Crippen LogP contribution >= 0.6 is 22.9 Å². The number of halogens is 1. The van der Waals surface area contributed by atoms with Gasteiger partial charge in [-0.05, 0) is 74.2 Å². The standard InChI is InChI=1S/C23H27ClN2O5S2/c24-16-6-8-18(9-7-16)33(29,30)26-19(20-4-2-14-32-20)3-1-5-21(26)23(11-12-23)31-22(28)25-13-10-17(27)15-25/h2,4,6-9,14,17,19,21,27H,1,3,5,10-13,15H2/t17-,19-,21+/m0/s1. The smallest absolute Gasteiger partial charge is 0.410 e. The highest BCUT2D eigenvalue weighted by atomic mass is 35.5. The first-order valence-corrected chi connectivity index (χ1v) is 14.0. The number of ether oxygens (including phenoxy) is 1. The van der Waals surface area contributed by atoms with E-state index < -0.39 is 33.9 Å². The van der Waals surface area contributed by atoms with Gasteiger partial charge in [0, 0.05) is 23.0 Å². The second kappa shape index (κ2) is 8.85. The predicted molar refractivity (Wildman–Crippen MR) is 126 cm³/mol. The molecule has 2 aliphatic heterocycles. The first kappa shape index (κ1) is 23.1. The molecule has 0 spiro atoms. The maximum Gasteiger partial charge on any atom is 0.410 e. The van der Waals surface area contributed by atoms with Gasteiger partial charge in [0.2, 0.25) is 10.0 Å². The SMILES string of the molecule is O=C(OC1([C@H]2CCC[C@@H](c3cccs3)N2S(=O)(=O)c2ccc(Cl)cc2)CC1)N1CC[C@H](O)C1. The molecule has 1 aromatic carbocycles. The molecule has 0 unspecified atom stereocenters. The molecule has 3 aliphatic rings. The lowest BCUT2D eigenvalue weighted by molar-refractivity contribution is -0.00678. The van der Waals surface area contributed by atoms with E-state index >= 15 is 0 Å². The van der Waals surface area contributed by atoms with E-state index in [0.29, 0.717) is 43.7 Å². The Labute approximate surface area is 203 Å². The molecule has 1 amide bonds. The summed E-state index contributed by atoms with van der Waals surface area (Å²) in [4.78, 5) is 15.6. The Balaban J connectivity index is 1.49. The van der Waals surface area contributed by atoms with Gasteiger partial charge in [-0.15, -0.1) is 11.3 Å². The number of benzene rings is 1. The number of piperidine rings is 1. The third-order valence-corrected chi connectivity index (χ3v) is 10.0. The number of carbonyl (C=O) groups excluding carboxylic acids is 1. The lowest BCUT2D eigenvalue weighted by Crippen LogP contribution is -2.54. The number of carbonyl (C=O) groups is 1. The van der Waals surface area contributed by atoms with Gasteiger partial charge in [0.1, 0.15) is 5.60 Å². The number of hydrogen-bond acceptors (Lipinski definition) is 6.